The molecule has 0 N–H and O–H groups in total. The molecule has 0 aliphatic heterocycles. The molecule has 0 fully saturated rings. The van der Waals surface area contributed by atoms with Crippen molar-refractivity contribution in [2.24, 2.45) is 0 Å². The third kappa shape index (κ3) is 2.60. The van der Waals surface area contributed by atoms with Crippen molar-refractivity contribution in [3.63, 3.8) is 0 Å². The van der Waals surface area contributed by atoms with Crippen molar-refractivity contribution in [1.82, 2.24) is 0 Å². The van der Waals surface area contributed by atoms with E-state index in [-0.39, 0.29) is 5.78 Å². The summed E-state index contributed by atoms with van der Waals surface area (Å²) < 4.78 is 0. The summed E-state index contributed by atoms with van der Waals surface area (Å²) in [6, 6.07) is 0. The van der Waals surface area contributed by atoms with Crippen LogP contribution in [0.5, 0.6) is 0 Å². The quantitative estimate of drug-likeness (QED) is 0.679. The van der Waals surface area contributed by atoms with E-state index >= 15 is 0 Å². The minimum atomic E-state index is -0.147. The molecule has 13 heavy (non-hydrogen) atoms. The van der Waals surface area contributed by atoms with Crippen LogP contribution in [0.15, 0.2) is 32.8 Å². The highest BCUT2D eigenvalue weighted by molar-refractivity contribution is 6.41. The molecule has 0 aromatic carbocycles. The van der Waals surface area contributed by atoms with Crippen molar-refractivity contribution >= 4 is 40.6 Å². The van der Waals surface area contributed by atoms with Gasteiger partial charge in [-0.25, -0.2) is 0 Å². The minimum Gasteiger partial charge on any atom is -0.294 e. The predicted molar refractivity (Wildman–Crippen MR) is 56.0 cm³/mol. The van der Waals surface area contributed by atoms with E-state index in [1.807, 2.05) is 0 Å². The lowest BCUT2D eigenvalue weighted by Crippen LogP contribution is -1.98. The van der Waals surface area contributed by atoms with E-state index in [1.54, 1.807) is 6.08 Å². The highest BCUT2D eigenvalue weighted by atomic mass is 35.5. The molecule has 0 saturated carbocycles. The summed E-state index contributed by atoms with van der Waals surface area (Å²) in [5, 5.41) is 1.24. The first-order valence-corrected chi connectivity index (χ1v) is 4.78. The summed E-state index contributed by atoms with van der Waals surface area (Å²) in [5.41, 5.74) is 0.357. The van der Waals surface area contributed by atoms with Crippen LogP contribution in [0, 0.1) is 0 Å². The number of hydrogen-bond donors (Lipinski definition) is 0. The first kappa shape index (κ1) is 10.8. The van der Waals surface area contributed by atoms with Crippen molar-refractivity contribution in [3.05, 3.63) is 32.8 Å². The summed E-state index contributed by atoms with van der Waals surface area (Å²) in [7, 11) is 0. The Labute approximate surface area is 91.7 Å². The summed E-state index contributed by atoms with van der Waals surface area (Å²) in [4.78, 5) is 11.1. The molecule has 1 aliphatic carbocycles. The summed E-state index contributed by atoms with van der Waals surface area (Å²) in [6.45, 7) is 1.42. The molecule has 1 aliphatic rings. The maximum Gasteiger partial charge on any atom is 0.162 e. The van der Waals surface area contributed by atoms with Gasteiger partial charge in [-0.2, -0.15) is 0 Å². The smallest absolute Gasteiger partial charge is 0.162 e. The predicted octanol–water partition coefficient (Wildman–Crippen LogP) is 3.72. The average molecular weight is 238 g/mol. The SMILES string of the molecule is CC(=O)C1=C(Cl)CC=C(Cl)C=C1Cl. The molecule has 0 saturated heterocycles. The van der Waals surface area contributed by atoms with Crippen LogP contribution in [0.1, 0.15) is 13.3 Å². The molecule has 0 amide bonds. The van der Waals surface area contributed by atoms with Gasteiger partial charge in [0.05, 0.1) is 10.6 Å². The van der Waals surface area contributed by atoms with E-state index in [1.165, 1.54) is 13.0 Å². The molecular weight excluding hydrogens is 230 g/mol. The van der Waals surface area contributed by atoms with Gasteiger partial charge in [0.25, 0.3) is 0 Å². The van der Waals surface area contributed by atoms with Crippen LogP contribution in [-0.4, -0.2) is 5.78 Å². The Balaban J connectivity index is 3.19. The second-order valence-electron chi connectivity index (χ2n) is 2.62. The number of rotatable bonds is 1. The number of ketones is 1. The van der Waals surface area contributed by atoms with Gasteiger partial charge in [0.15, 0.2) is 5.78 Å². The molecule has 0 aromatic rings. The molecule has 0 spiro atoms. The molecule has 0 heterocycles. The largest absolute Gasteiger partial charge is 0.294 e. The molecule has 70 valence electrons. The fourth-order valence-corrected chi connectivity index (χ4v) is 2.00. The van der Waals surface area contributed by atoms with Crippen LogP contribution in [-0.2, 0) is 4.79 Å². The van der Waals surface area contributed by atoms with Crippen LogP contribution in [0.4, 0.5) is 0 Å². The summed E-state index contributed by atoms with van der Waals surface area (Å²) in [6.07, 6.45) is 3.68. The van der Waals surface area contributed by atoms with Crippen molar-refractivity contribution in [3.8, 4) is 0 Å². The average Bonchev–Trinajstić information content (AvgIpc) is 2.10. The van der Waals surface area contributed by atoms with Crippen molar-refractivity contribution in [2.45, 2.75) is 13.3 Å². The van der Waals surface area contributed by atoms with Crippen LogP contribution >= 0.6 is 34.8 Å². The van der Waals surface area contributed by atoms with Gasteiger partial charge in [0, 0.05) is 16.5 Å². The van der Waals surface area contributed by atoms with E-state index in [0.717, 1.165) is 0 Å². The maximum atomic E-state index is 11.1. The van der Waals surface area contributed by atoms with Crippen molar-refractivity contribution in [2.75, 3.05) is 0 Å². The van der Waals surface area contributed by atoms with Crippen LogP contribution in [0.3, 0.4) is 0 Å². The Morgan fingerprint density at radius 1 is 1.38 bits per heavy atom. The standard InChI is InChI=1S/C9H7Cl3O/c1-5(13)9-7(11)3-2-6(10)4-8(9)12/h2,4H,3H2,1H3. The fourth-order valence-electron chi connectivity index (χ4n) is 1.03. The molecular formula is C9H7Cl3O. The molecule has 1 nitrogen and oxygen atoms in total. The van der Waals surface area contributed by atoms with Gasteiger partial charge in [-0.05, 0) is 13.0 Å². The van der Waals surface area contributed by atoms with Gasteiger partial charge in [0.1, 0.15) is 0 Å². The Morgan fingerprint density at radius 2 is 2.00 bits per heavy atom. The Hall–Kier alpha value is -0.240. The number of Topliss-reactive ketones (excluding diaryl/α,β-unsaturated/α-hetero) is 1. The maximum absolute atomic E-state index is 11.1. The van der Waals surface area contributed by atoms with Gasteiger partial charge < -0.3 is 0 Å². The zero-order chi connectivity index (χ0) is 10.0. The number of carbonyl (C=O) groups is 1. The first-order chi connectivity index (χ1) is 6.02. The normalized spacial score (nSPS) is 17.8. The van der Waals surface area contributed by atoms with E-state index in [9.17, 15) is 4.79 Å². The van der Waals surface area contributed by atoms with E-state index in [2.05, 4.69) is 0 Å². The van der Waals surface area contributed by atoms with Crippen LogP contribution in [0.2, 0.25) is 0 Å². The number of allylic oxidation sites excluding steroid dienone is 6. The second kappa shape index (κ2) is 4.32. The summed E-state index contributed by atoms with van der Waals surface area (Å²) >= 11 is 17.5. The lowest BCUT2D eigenvalue weighted by Gasteiger charge is -2.02. The zero-order valence-electron chi connectivity index (χ0n) is 6.90. The van der Waals surface area contributed by atoms with Gasteiger partial charge >= 0.3 is 0 Å². The number of halogens is 3. The van der Waals surface area contributed by atoms with Gasteiger partial charge in [0.2, 0.25) is 0 Å². The topological polar surface area (TPSA) is 17.1 Å². The summed E-state index contributed by atoms with van der Waals surface area (Å²) in [5.74, 6) is -0.147. The van der Waals surface area contributed by atoms with E-state index < -0.39 is 0 Å². The molecule has 0 aromatic heterocycles. The van der Waals surface area contributed by atoms with E-state index in [4.69, 9.17) is 34.8 Å². The molecule has 1 rings (SSSR count). The van der Waals surface area contributed by atoms with E-state index in [0.29, 0.717) is 27.1 Å². The van der Waals surface area contributed by atoms with Crippen molar-refractivity contribution in [1.29, 1.82) is 0 Å². The Morgan fingerprint density at radius 3 is 2.54 bits per heavy atom. The third-order valence-electron chi connectivity index (χ3n) is 1.60. The molecule has 0 radical (unpaired) electrons. The number of carbonyl (C=O) groups excluding carboxylic acids is 1. The van der Waals surface area contributed by atoms with Crippen molar-refractivity contribution < 1.29 is 4.79 Å². The fraction of sp³-hybridized carbons (Fsp3) is 0.222. The first-order valence-electron chi connectivity index (χ1n) is 3.65. The van der Waals surface area contributed by atoms with Crippen LogP contribution < -0.4 is 0 Å². The molecule has 0 unspecified atom stereocenters. The van der Waals surface area contributed by atoms with Gasteiger partial charge in [-0.3, -0.25) is 4.79 Å². The molecule has 4 heteroatoms. The zero-order valence-corrected chi connectivity index (χ0v) is 9.17. The lowest BCUT2D eigenvalue weighted by molar-refractivity contribution is -0.113. The Kier molecular flexibility index (Phi) is 3.60. The molecule has 0 atom stereocenters. The van der Waals surface area contributed by atoms with Crippen LogP contribution in [0.25, 0.3) is 0 Å². The van der Waals surface area contributed by atoms with Gasteiger partial charge in [-0.15, -0.1) is 0 Å². The lowest BCUT2D eigenvalue weighted by atomic mass is 10.1. The minimum absolute atomic E-state index is 0.147. The third-order valence-corrected chi connectivity index (χ3v) is 2.51. The number of hydrogen-bond acceptors (Lipinski definition) is 1. The molecule has 0 bridgehead atoms. The van der Waals surface area contributed by atoms with Gasteiger partial charge in [-0.1, -0.05) is 40.9 Å². The highest BCUT2D eigenvalue weighted by Crippen LogP contribution is 2.30. The monoisotopic (exact) mass is 236 g/mol. The Bertz CT molecular complexity index is 337. The second-order valence-corrected chi connectivity index (χ2v) is 3.92. The highest BCUT2D eigenvalue weighted by Gasteiger charge is 2.15.